The molecule has 0 spiro atoms. The van der Waals surface area contributed by atoms with Crippen LogP contribution in [0.15, 0.2) is 72.9 Å². The number of benzene rings is 3. The van der Waals surface area contributed by atoms with Crippen molar-refractivity contribution in [3.05, 3.63) is 89.9 Å². The van der Waals surface area contributed by atoms with Crippen LogP contribution in [0.1, 0.15) is 15.9 Å². The van der Waals surface area contributed by atoms with Crippen LogP contribution in [0.5, 0.6) is 11.5 Å². The number of methoxy groups -OCH3 is 1. The number of nitrogens with one attached hydrogen (secondary N) is 1. The number of anilines is 1. The van der Waals surface area contributed by atoms with Gasteiger partial charge in [-0.05, 0) is 42.8 Å². The van der Waals surface area contributed by atoms with Gasteiger partial charge < -0.3 is 19.1 Å². The van der Waals surface area contributed by atoms with Gasteiger partial charge in [-0.1, -0.05) is 36.4 Å². The molecule has 2 amide bonds. The van der Waals surface area contributed by atoms with Gasteiger partial charge in [0.05, 0.1) is 18.0 Å². The van der Waals surface area contributed by atoms with E-state index < -0.39 is 5.91 Å². The topological polar surface area (TPSA) is 94.9 Å². The molecule has 0 aliphatic carbocycles. The summed E-state index contributed by atoms with van der Waals surface area (Å²) < 4.78 is 31.9. The molecule has 0 bridgehead atoms. The van der Waals surface area contributed by atoms with E-state index in [1.54, 1.807) is 48.0 Å². The van der Waals surface area contributed by atoms with Gasteiger partial charge in [-0.3, -0.25) is 19.5 Å². The number of imidazole rings is 1. The van der Waals surface area contributed by atoms with Crippen molar-refractivity contribution in [1.82, 2.24) is 14.5 Å². The van der Waals surface area contributed by atoms with E-state index in [1.807, 2.05) is 30.3 Å². The minimum absolute atomic E-state index is 0.0886. The molecule has 10 heteroatoms. The van der Waals surface area contributed by atoms with Crippen molar-refractivity contribution in [2.24, 2.45) is 0 Å². The number of hydrogen-bond donors (Lipinski definition) is 1. The maximum Gasteiger partial charge on any atom is 0.254 e. The first-order valence-electron chi connectivity index (χ1n) is 12.3. The highest BCUT2D eigenvalue weighted by Gasteiger charge is 2.23. The molecule has 0 saturated heterocycles. The average molecular weight is 531 g/mol. The van der Waals surface area contributed by atoms with Crippen LogP contribution < -0.4 is 14.8 Å². The lowest BCUT2D eigenvalue weighted by Crippen LogP contribution is -2.40. The lowest BCUT2D eigenvalue weighted by molar-refractivity contribution is -0.117. The summed E-state index contributed by atoms with van der Waals surface area (Å²) in [7, 11) is 1.52. The fraction of sp³-hybridized carbons (Fsp3) is 0.207. The quantitative estimate of drug-likeness (QED) is 0.344. The molecule has 3 aromatic carbocycles. The van der Waals surface area contributed by atoms with Crippen LogP contribution in [0.4, 0.5) is 10.3 Å². The normalized spacial score (nSPS) is 11.9. The molecule has 0 atom stereocenters. The second-order valence-electron chi connectivity index (χ2n) is 8.95. The fourth-order valence-electron chi connectivity index (χ4n) is 4.15. The molecule has 1 aliphatic rings. The van der Waals surface area contributed by atoms with Gasteiger partial charge in [0, 0.05) is 31.0 Å². The third kappa shape index (κ3) is 5.75. The van der Waals surface area contributed by atoms with Crippen molar-refractivity contribution < 1.29 is 28.2 Å². The number of fused-ring (bicyclic) bond motifs is 1. The van der Waals surface area contributed by atoms with Crippen LogP contribution in [0.3, 0.4) is 0 Å². The Labute approximate surface area is 224 Å². The van der Waals surface area contributed by atoms with Crippen molar-refractivity contribution in [3.63, 3.8) is 0 Å². The smallest absolute Gasteiger partial charge is 0.254 e. The van der Waals surface area contributed by atoms with Crippen molar-refractivity contribution in [1.29, 1.82) is 0 Å². The molecule has 9 nitrogen and oxygen atoms in total. The Kier molecular flexibility index (Phi) is 7.55. The number of hydrogen-bond acceptors (Lipinski definition) is 6. The number of carbonyl (C=O) groups excluding carboxylic acids is 2. The van der Waals surface area contributed by atoms with Crippen molar-refractivity contribution in [2.45, 2.75) is 6.92 Å². The summed E-state index contributed by atoms with van der Waals surface area (Å²) >= 11 is 0. The van der Waals surface area contributed by atoms with Crippen LogP contribution in [-0.4, -0.2) is 59.9 Å². The second-order valence-corrected chi connectivity index (χ2v) is 8.95. The van der Waals surface area contributed by atoms with Crippen molar-refractivity contribution in [2.75, 3.05) is 38.9 Å². The van der Waals surface area contributed by atoms with Gasteiger partial charge in [0.2, 0.25) is 18.6 Å². The molecule has 0 unspecified atom stereocenters. The molecule has 4 aromatic rings. The van der Waals surface area contributed by atoms with Gasteiger partial charge in [0.15, 0.2) is 11.5 Å². The van der Waals surface area contributed by atoms with E-state index in [1.165, 1.54) is 18.1 Å². The molecule has 2 heterocycles. The van der Waals surface area contributed by atoms with E-state index in [2.05, 4.69) is 10.3 Å². The summed E-state index contributed by atoms with van der Waals surface area (Å²) in [6.07, 6.45) is 1.73. The predicted octanol–water partition coefficient (Wildman–Crippen LogP) is 4.44. The lowest BCUT2D eigenvalue weighted by atomic mass is 10.1. The Hall–Kier alpha value is -4.70. The van der Waals surface area contributed by atoms with Crippen LogP contribution in [0.2, 0.25) is 0 Å². The van der Waals surface area contributed by atoms with E-state index >= 15 is 0 Å². The Bertz CT molecular complexity index is 1510. The zero-order valence-corrected chi connectivity index (χ0v) is 21.5. The van der Waals surface area contributed by atoms with Crippen LogP contribution in [0.25, 0.3) is 16.9 Å². The molecule has 0 saturated carbocycles. The van der Waals surface area contributed by atoms with Crippen molar-refractivity contribution in [3.8, 4) is 28.4 Å². The monoisotopic (exact) mass is 530 g/mol. The maximum atomic E-state index is 14.4. The summed E-state index contributed by atoms with van der Waals surface area (Å²) in [5.41, 5.74) is 2.78. The standard InChI is InChI=1S/C29H27FN4O5/c1-19-8-10-22(15-23(19)30)34-16-24(20-6-4-3-5-7-20)31-29(34)32-27(35)17-33(12-13-37-2)28(36)21-9-11-25-26(14-21)39-18-38-25/h3-11,14-16H,12-13,17-18H2,1-2H3,(H,31,32,35). The summed E-state index contributed by atoms with van der Waals surface area (Å²) in [4.78, 5) is 32.6. The summed E-state index contributed by atoms with van der Waals surface area (Å²) in [6.45, 7) is 1.93. The minimum atomic E-state index is -0.473. The van der Waals surface area contributed by atoms with E-state index in [9.17, 15) is 14.0 Å². The number of aromatic nitrogens is 2. The number of carbonyl (C=O) groups is 2. The van der Waals surface area contributed by atoms with Crippen LogP contribution in [-0.2, 0) is 9.53 Å². The first kappa shape index (κ1) is 25.9. The average Bonchev–Trinajstić information content (AvgIpc) is 3.59. The molecule has 1 N–H and O–H groups in total. The van der Waals surface area contributed by atoms with Gasteiger partial charge in [0.25, 0.3) is 5.91 Å². The zero-order chi connectivity index (χ0) is 27.4. The van der Waals surface area contributed by atoms with Gasteiger partial charge in [-0.15, -0.1) is 0 Å². The Morgan fingerprint density at radius 1 is 1.08 bits per heavy atom. The molecular weight excluding hydrogens is 503 g/mol. The maximum absolute atomic E-state index is 14.4. The number of ether oxygens (including phenoxy) is 3. The Morgan fingerprint density at radius 3 is 2.64 bits per heavy atom. The van der Waals surface area contributed by atoms with Crippen LogP contribution in [0, 0.1) is 12.7 Å². The second kappa shape index (κ2) is 11.4. The highest BCUT2D eigenvalue weighted by atomic mass is 19.1. The van der Waals surface area contributed by atoms with Gasteiger partial charge in [0.1, 0.15) is 12.4 Å². The van der Waals surface area contributed by atoms with Gasteiger partial charge in [-0.2, -0.15) is 0 Å². The highest BCUT2D eigenvalue weighted by molar-refractivity contribution is 5.99. The Balaban J connectivity index is 1.41. The predicted molar refractivity (Wildman–Crippen MR) is 143 cm³/mol. The van der Waals surface area contributed by atoms with Crippen LogP contribution >= 0.6 is 0 Å². The molecule has 1 aromatic heterocycles. The molecule has 5 rings (SSSR count). The number of rotatable bonds is 9. The molecule has 200 valence electrons. The van der Waals surface area contributed by atoms with E-state index in [0.29, 0.717) is 34.0 Å². The molecular formula is C29H27FN4O5. The number of aryl methyl sites for hydroxylation is 1. The summed E-state index contributed by atoms with van der Waals surface area (Å²) in [5.74, 6) is 0.0110. The molecule has 0 fully saturated rings. The van der Waals surface area contributed by atoms with E-state index in [-0.39, 0.29) is 44.2 Å². The van der Waals surface area contributed by atoms with E-state index in [0.717, 1.165) is 5.56 Å². The van der Waals surface area contributed by atoms with Crippen molar-refractivity contribution >= 4 is 17.8 Å². The lowest BCUT2D eigenvalue weighted by Gasteiger charge is -2.22. The molecule has 39 heavy (non-hydrogen) atoms. The largest absolute Gasteiger partial charge is 0.454 e. The summed E-state index contributed by atoms with van der Waals surface area (Å²) in [5, 5.41) is 2.80. The highest BCUT2D eigenvalue weighted by Crippen LogP contribution is 2.33. The first-order chi connectivity index (χ1) is 18.9. The SMILES string of the molecule is COCCN(CC(=O)Nc1nc(-c2ccccc2)cn1-c1ccc(C)c(F)c1)C(=O)c1ccc2c(c1)OCO2. The molecule has 1 aliphatic heterocycles. The fourth-order valence-corrected chi connectivity index (χ4v) is 4.15. The third-order valence-electron chi connectivity index (χ3n) is 6.27. The number of nitrogens with zero attached hydrogens (tertiary/aromatic N) is 3. The van der Waals surface area contributed by atoms with Gasteiger partial charge >= 0.3 is 0 Å². The minimum Gasteiger partial charge on any atom is -0.454 e. The van der Waals surface area contributed by atoms with E-state index in [4.69, 9.17) is 14.2 Å². The third-order valence-corrected chi connectivity index (χ3v) is 6.27. The number of halogens is 1. The molecule has 0 radical (unpaired) electrons. The Morgan fingerprint density at radius 2 is 1.87 bits per heavy atom. The van der Waals surface area contributed by atoms with Gasteiger partial charge in [-0.25, -0.2) is 9.37 Å². The zero-order valence-electron chi connectivity index (χ0n) is 21.5. The number of amides is 2. The summed E-state index contributed by atoms with van der Waals surface area (Å²) in [6, 6.07) is 19.1. The first-order valence-corrected chi connectivity index (χ1v) is 12.3.